The van der Waals surface area contributed by atoms with E-state index in [1.54, 1.807) is 43.6 Å². The van der Waals surface area contributed by atoms with Crippen molar-refractivity contribution in [2.24, 2.45) is 0 Å². The summed E-state index contributed by atoms with van der Waals surface area (Å²) >= 11 is 6.17. The molecule has 2 aliphatic rings. The standard InChI is InChI=1S/C31H36ClN5O4/c1-35-29(21-7-5-10-33-20-21)28(24-18-26(40-2)27(41-3)19-25(24)31(35)39)30(38)34-11-6-12-36-13-15-37(16-14-36)23-9-4-8-22(32)17-23/h4-5,7-10,17-20,28-29H,6,11-16H2,1-3H3,(H,34,38)/t28-,29-/m1/s1. The van der Waals surface area contributed by atoms with Gasteiger partial charge < -0.3 is 24.6 Å². The number of piperazine rings is 1. The second-order valence-electron chi connectivity index (χ2n) is 10.4. The Bertz CT molecular complexity index is 1380. The van der Waals surface area contributed by atoms with Crippen molar-refractivity contribution in [3.8, 4) is 11.5 Å². The summed E-state index contributed by atoms with van der Waals surface area (Å²) in [5.74, 6) is -0.0446. The summed E-state index contributed by atoms with van der Waals surface area (Å²) in [6.45, 7) is 5.19. The summed E-state index contributed by atoms with van der Waals surface area (Å²) in [7, 11) is 4.80. The minimum Gasteiger partial charge on any atom is -0.493 e. The number of hydrogen-bond acceptors (Lipinski definition) is 7. The summed E-state index contributed by atoms with van der Waals surface area (Å²) in [4.78, 5) is 38.0. The lowest BCUT2D eigenvalue weighted by Crippen LogP contribution is -2.47. The van der Waals surface area contributed by atoms with Gasteiger partial charge in [0.1, 0.15) is 0 Å². The lowest BCUT2D eigenvalue weighted by atomic mass is 9.79. The van der Waals surface area contributed by atoms with Gasteiger partial charge in [0, 0.05) is 68.4 Å². The van der Waals surface area contributed by atoms with Crippen LogP contribution in [0.15, 0.2) is 60.9 Å². The molecule has 216 valence electrons. The van der Waals surface area contributed by atoms with Crippen LogP contribution in [0.1, 0.15) is 39.9 Å². The van der Waals surface area contributed by atoms with E-state index in [1.165, 1.54) is 7.11 Å². The fourth-order valence-electron chi connectivity index (χ4n) is 5.83. The highest BCUT2D eigenvalue weighted by Crippen LogP contribution is 2.45. The van der Waals surface area contributed by atoms with Crippen LogP contribution in [-0.4, -0.2) is 87.1 Å². The first-order chi connectivity index (χ1) is 19.9. The minimum absolute atomic E-state index is 0.141. The topological polar surface area (TPSA) is 87.2 Å². The number of carbonyl (C=O) groups excluding carboxylic acids is 2. The van der Waals surface area contributed by atoms with Crippen molar-refractivity contribution in [3.63, 3.8) is 0 Å². The smallest absolute Gasteiger partial charge is 0.254 e. The molecule has 0 aliphatic carbocycles. The summed E-state index contributed by atoms with van der Waals surface area (Å²) in [6, 6.07) is 14.6. The third kappa shape index (κ3) is 6.11. The van der Waals surface area contributed by atoms with E-state index in [4.69, 9.17) is 21.1 Å². The molecule has 10 heteroatoms. The highest BCUT2D eigenvalue weighted by molar-refractivity contribution is 6.30. The molecule has 1 fully saturated rings. The van der Waals surface area contributed by atoms with Crippen molar-refractivity contribution < 1.29 is 19.1 Å². The molecule has 1 aromatic heterocycles. The van der Waals surface area contributed by atoms with Crippen LogP contribution in [-0.2, 0) is 4.79 Å². The normalized spacial score (nSPS) is 19.1. The number of likely N-dealkylation sites (N-methyl/N-ethyl adjacent to an activating group) is 1. The Morgan fingerprint density at radius 2 is 1.80 bits per heavy atom. The third-order valence-electron chi connectivity index (χ3n) is 7.98. The van der Waals surface area contributed by atoms with Crippen LogP contribution in [0.25, 0.3) is 0 Å². The molecule has 0 spiro atoms. The van der Waals surface area contributed by atoms with E-state index in [0.29, 0.717) is 29.2 Å². The summed E-state index contributed by atoms with van der Waals surface area (Å²) in [5, 5.41) is 3.90. The van der Waals surface area contributed by atoms with Gasteiger partial charge in [-0.2, -0.15) is 0 Å². The molecule has 0 radical (unpaired) electrons. The number of anilines is 1. The van der Waals surface area contributed by atoms with Crippen molar-refractivity contribution in [2.45, 2.75) is 18.4 Å². The number of methoxy groups -OCH3 is 2. The molecular formula is C31H36ClN5O4. The Hall–Kier alpha value is -3.82. The van der Waals surface area contributed by atoms with Gasteiger partial charge in [0.15, 0.2) is 11.5 Å². The number of nitrogens with one attached hydrogen (secondary N) is 1. The van der Waals surface area contributed by atoms with Crippen molar-refractivity contribution >= 4 is 29.1 Å². The van der Waals surface area contributed by atoms with Gasteiger partial charge in [-0.1, -0.05) is 23.7 Å². The van der Waals surface area contributed by atoms with E-state index >= 15 is 0 Å². The van der Waals surface area contributed by atoms with E-state index in [-0.39, 0.29) is 11.8 Å². The van der Waals surface area contributed by atoms with Crippen molar-refractivity contribution in [1.82, 2.24) is 20.1 Å². The number of pyridine rings is 1. The molecule has 0 bridgehead atoms. The van der Waals surface area contributed by atoms with E-state index in [0.717, 1.165) is 55.4 Å². The van der Waals surface area contributed by atoms with Crippen LogP contribution in [0, 0.1) is 0 Å². The average molecular weight is 578 g/mol. The van der Waals surface area contributed by atoms with E-state index in [2.05, 4.69) is 26.2 Å². The first-order valence-corrected chi connectivity index (χ1v) is 14.2. The fraction of sp³-hybridized carbons (Fsp3) is 0.387. The molecule has 1 N–H and O–H groups in total. The van der Waals surface area contributed by atoms with Gasteiger partial charge in [0.2, 0.25) is 5.91 Å². The maximum atomic E-state index is 13.9. The number of benzene rings is 2. The Kier molecular flexibility index (Phi) is 8.95. The molecule has 2 aliphatic heterocycles. The molecular weight excluding hydrogens is 542 g/mol. The van der Waals surface area contributed by atoms with Crippen LogP contribution in [0.3, 0.4) is 0 Å². The molecule has 2 atom stereocenters. The highest BCUT2D eigenvalue weighted by atomic mass is 35.5. The molecule has 3 aromatic rings. The van der Waals surface area contributed by atoms with E-state index in [1.807, 2.05) is 30.3 Å². The predicted octanol–water partition coefficient (Wildman–Crippen LogP) is 3.99. The quantitative estimate of drug-likeness (QED) is 0.385. The second-order valence-corrected chi connectivity index (χ2v) is 10.8. The van der Waals surface area contributed by atoms with Crippen LogP contribution in [0.2, 0.25) is 5.02 Å². The first-order valence-electron chi connectivity index (χ1n) is 13.8. The number of rotatable bonds is 9. The van der Waals surface area contributed by atoms with Crippen molar-refractivity contribution in [3.05, 3.63) is 82.6 Å². The zero-order chi connectivity index (χ0) is 28.9. The highest BCUT2D eigenvalue weighted by Gasteiger charge is 2.43. The molecule has 0 saturated carbocycles. The Balaban J connectivity index is 1.26. The molecule has 2 aromatic carbocycles. The van der Waals surface area contributed by atoms with Crippen LogP contribution in [0.4, 0.5) is 5.69 Å². The predicted molar refractivity (Wildman–Crippen MR) is 159 cm³/mol. The average Bonchev–Trinajstić information content (AvgIpc) is 3.00. The number of aromatic nitrogens is 1. The number of ether oxygens (including phenoxy) is 2. The van der Waals surface area contributed by atoms with Crippen molar-refractivity contribution in [1.29, 1.82) is 0 Å². The zero-order valence-corrected chi connectivity index (χ0v) is 24.4. The number of fused-ring (bicyclic) bond motifs is 1. The maximum Gasteiger partial charge on any atom is 0.254 e. The molecule has 41 heavy (non-hydrogen) atoms. The van der Waals surface area contributed by atoms with Crippen LogP contribution in [0.5, 0.6) is 11.5 Å². The lowest BCUT2D eigenvalue weighted by molar-refractivity contribution is -0.124. The number of halogens is 1. The van der Waals surface area contributed by atoms with Gasteiger partial charge in [-0.15, -0.1) is 0 Å². The van der Waals surface area contributed by atoms with Gasteiger partial charge in [0.05, 0.1) is 26.2 Å². The summed E-state index contributed by atoms with van der Waals surface area (Å²) in [5.41, 5.74) is 3.00. The van der Waals surface area contributed by atoms with Crippen LogP contribution >= 0.6 is 11.6 Å². The third-order valence-corrected chi connectivity index (χ3v) is 8.21. The lowest BCUT2D eigenvalue weighted by Gasteiger charge is -2.40. The summed E-state index contributed by atoms with van der Waals surface area (Å²) in [6.07, 6.45) is 4.21. The number of nitrogens with zero attached hydrogens (tertiary/aromatic N) is 4. The SMILES string of the molecule is COc1cc2c(cc1OC)[C@@H](C(=O)NCCCN1CCN(c3cccc(Cl)c3)CC1)[C@@H](c1cccnc1)N(C)C2=O. The van der Waals surface area contributed by atoms with E-state index in [9.17, 15) is 9.59 Å². The Labute approximate surface area is 246 Å². The number of carbonyl (C=O) groups is 2. The van der Waals surface area contributed by atoms with E-state index < -0.39 is 12.0 Å². The maximum absolute atomic E-state index is 13.9. The minimum atomic E-state index is -0.641. The fourth-order valence-corrected chi connectivity index (χ4v) is 6.01. The van der Waals surface area contributed by atoms with Gasteiger partial charge in [-0.05, 0) is 60.5 Å². The van der Waals surface area contributed by atoms with Gasteiger partial charge >= 0.3 is 0 Å². The summed E-state index contributed by atoms with van der Waals surface area (Å²) < 4.78 is 11.0. The molecule has 5 rings (SSSR count). The van der Waals surface area contributed by atoms with Gasteiger partial charge in [-0.25, -0.2) is 0 Å². The van der Waals surface area contributed by atoms with Crippen LogP contribution < -0.4 is 19.7 Å². The second kappa shape index (κ2) is 12.8. The largest absolute Gasteiger partial charge is 0.493 e. The zero-order valence-electron chi connectivity index (χ0n) is 23.7. The molecule has 3 heterocycles. The first kappa shape index (κ1) is 28.7. The number of amides is 2. The molecule has 1 saturated heterocycles. The Morgan fingerprint density at radius 1 is 1.05 bits per heavy atom. The monoisotopic (exact) mass is 577 g/mol. The molecule has 9 nitrogen and oxygen atoms in total. The molecule has 2 amide bonds. The Morgan fingerprint density at radius 3 is 2.49 bits per heavy atom. The van der Waals surface area contributed by atoms with Gasteiger partial charge in [-0.3, -0.25) is 19.5 Å². The van der Waals surface area contributed by atoms with Crippen molar-refractivity contribution in [2.75, 3.05) is 65.4 Å². The number of hydrogen-bond donors (Lipinski definition) is 1. The van der Waals surface area contributed by atoms with Gasteiger partial charge in [0.25, 0.3) is 5.91 Å². The molecule has 0 unspecified atom stereocenters.